The topological polar surface area (TPSA) is 103 Å². The maximum atomic E-state index is 12.3. The van der Waals surface area contributed by atoms with E-state index in [1.54, 1.807) is 12.0 Å². The highest BCUT2D eigenvalue weighted by Gasteiger charge is 2.35. The molecule has 2 rings (SSSR count). The molecule has 1 amide bonds. The van der Waals surface area contributed by atoms with E-state index in [0.29, 0.717) is 13.2 Å². The van der Waals surface area contributed by atoms with Crippen LogP contribution >= 0.6 is 15.9 Å². The van der Waals surface area contributed by atoms with Gasteiger partial charge in [-0.05, 0) is 28.8 Å². The number of amides is 1. The summed E-state index contributed by atoms with van der Waals surface area (Å²) in [6, 6.07) is 1.31. The van der Waals surface area contributed by atoms with Crippen LogP contribution < -0.4 is 5.14 Å². The van der Waals surface area contributed by atoms with Crippen molar-refractivity contribution in [2.24, 2.45) is 5.14 Å². The predicted molar refractivity (Wildman–Crippen MR) is 73.7 cm³/mol. The first-order valence-corrected chi connectivity index (χ1v) is 8.30. The second-order valence-corrected chi connectivity index (χ2v) is 6.77. The molecule has 9 heteroatoms. The van der Waals surface area contributed by atoms with Gasteiger partial charge in [0.05, 0.1) is 6.61 Å². The summed E-state index contributed by atoms with van der Waals surface area (Å²) < 4.78 is 32.7. The minimum Gasteiger partial charge on any atom is -0.443 e. The van der Waals surface area contributed by atoms with Crippen LogP contribution in [-0.2, 0) is 14.8 Å². The van der Waals surface area contributed by atoms with E-state index in [4.69, 9.17) is 14.3 Å². The van der Waals surface area contributed by atoms with Crippen LogP contribution in [0.5, 0.6) is 0 Å². The Bertz CT molecular complexity index is 608. The zero-order chi connectivity index (χ0) is 14.9. The van der Waals surface area contributed by atoms with Crippen molar-refractivity contribution in [3.63, 3.8) is 0 Å². The van der Waals surface area contributed by atoms with Crippen molar-refractivity contribution in [1.82, 2.24) is 4.90 Å². The molecule has 1 aliphatic carbocycles. The molecule has 20 heavy (non-hydrogen) atoms. The highest BCUT2D eigenvalue weighted by atomic mass is 79.9. The van der Waals surface area contributed by atoms with Crippen LogP contribution in [0.15, 0.2) is 20.0 Å². The molecule has 0 unspecified atom stereocenters. The van der Waals surface area contributed by atoms with Crippen molar-refractivity contribution < 1.29 is 22.4 Å². The molecular formula is C11H15BrN2O5S. The van der Waals surface area contributed by atoms with Gasteiger partial charge in [-0.15, -0.1) is 0 Å². The molecule has 1 saturated carbocycles. The summed E-state index contributed by atoms with van der Waals surface area (Å²) in [4.78, 5) is 13.7. The monoisotopic (exact) mass is 366 g/mol. The summed E-state index contributed by atoms with van der Waals surface area (Å²) in [6.07, 6.45) is 1.86. The summed E-state index contributed by atoms with van der Waals surface area (Å²) in [6.45, 7) is 0.842. The molecule has 112 valence electrons. The van der Waals surface area contributed by atoms with Gasteiger partial charge in [0.2, 0.25) is 10.0 Å². The van der Waals surface area contributed by atoms with Crippen LogP contribution in [0, 0.1) is 0 Å². The number of halogens is 1. The maximum absolute atomic E-state index is 12.3. The molecule has 0 saturated heterocycles. The molecule has 0 aliphatic heterocycles. The van der Waals surface area contributed by atoms with Crippen molar-refractivity contribution in [2.45, 2.75) is 23.8 Å². The number of ether oxygens (including phenoxy) is 1. The average molecular weight is 367 g/mol. The summed E-state index contributed by atoms with van der Waals surface area (Å²) >= 11 is 2.95. The van der Waals surface area contributed by atoms with Gasteiger partial charge in [-0.25, -0.2) is 13.6 Å². The van der Waals surface area contributed by atoms with E-state index in [1.807, 2.05) is 0 Å². The van der Waals surface area contributed by atoms with Crippen molar-refractivity contribution in [1.29, 1.82) is 0 Å². The number of rotatable bonds is 6. The minimum atomic E-state index is -3.93. The van der Waals surface area contributed by atoms with Gasteiger partial charge in [-0.1, -0.05) is 0 Å². The molecule has 1 aromatic heterocycles. The van der Waals surface area contributed by atoms with Gasteiger partial charge in [0.15, 0.2) is 10.4 Å². The van der Waals surface area contributed by atoms with Crippen LogP contribution in [0.25, 0.3) is 0 Å². The summed E-state index contributed by atoms with van der Waals surface area (Å²) in [5.74, 6) is -0.413. The third-order valence-electron chi connectivity index (χ3n) is 2.96. The largest absolute Gasteiger partial charge is 0.443 e. The van der Waals surface area contributed by atoms with Gasteiger partial charge >= 0.3 is 0 Å². The van der Waals surface area contributed by atoms with Crippen molar-refractivity contribution in [2.75, 3.05) is 20.3 Å². The lowest BCUT2D eigenvalue weighted by Crippen LogP contribution is -2.35. The zero-order valence-corrected chi connectivity index (χ0v) is 13.2. The number of primary sulfonamides is 1. The van der Waals surface area contributed by atoms with E-state index in [0.717, 1.165) is 18.9 Å². The third kappa shape index (κ3) is 3.40. The molecule has 0 radical (unpaired) electrons. The van der Waals surface area contributed by atoms with Gasteiger partial charge in [0.1, 0.15) is 4.90 Å². The molecule has 1 fully saturated rings. The van der Waals surface area contributed by atoms with Crippen molar-refractivity contribution in [3.05, 3.63) is 16.5 Å². The molecule has 1 aliphatic rings. The molecule has 7 nitrogen and oxygen atoms in total. The molecule has 2 N–H and O–H groups in total. The second-order valence-electron chi connectivity index (χ2n) is 4.52. The van der Waals surface area contributed by atoms with E-state index in [2.05, 4.69) is 15.9 Å². The number of nitrogens with zero attached hydrogens (tertiary/aromatic N) is 1. The van der Waals surface area contributed by atoms with Crippen LogP contribution in [-0.4, -0.2) is 45.5 Å². The summed E-state index contributed by atoms with van der Waals surface area (Å²) in [5.41, 5.74) is 0. The number of sulfonamides is 1. The lowest BCUT2D eigenvalue weighted by atomic mass is 10.3. The van der Waals surface area contributed by atoms with Gasteiger partial charge in [-0.3, -0.25) is 4.79 Å². The third-order valence-corrected chi connectivity index (χ3v) is 4.73. The number of hydrogen-bond donors (Lipinski definition) is 1. The van der Waals surface area contributed by atoms with E-state index in [1.165, 1.54) is 0 Å². The maximum Gasteiger partial charge on any atom is 0.289 e. The standard InChI is InChI=1S/C11H15BrN2O5S/c1-18-5-4-14(7-2-3-7)11(15)8-6-9(10(12)19-8)20(13,16)17/h6-7H,2-5H2,1H3,(H2,13,16,17). The predicted octanol–water partition coefficient (Wildman–Crippen LogP) is 0.941. The first kappa shape index (κ1) is 15.5. The van der Waals surface area contributed by atoms with Gasteiger partial charge in [-0.2, -0.15) is 0 Å². The summed E-state index contributed by atoms with van der Waals surface area (Å²) in [5, 5.41) is 5.04. The highest BCUT2D eigenvalue weighted by molar-refractivity contribution is 9.10. The SMILES string of the molecule is COCCN(C(=O)c1cc(S(N)(=O)=O)c(Br)o1)C1CC1. The number of methoxy groups -OCH3 is 1. The number of hydrogen-bond acceptors (Lipinski definition) is 5. The number of nitrogens with two attached hydrogens (primary N) is 1. The molecule has 0 spiro atoms. The van der Waals surface area contributed by atoms with Gasteiger partial charge in [0, 0.05) is 25.8 Å². The Balaban J connectivity index is 2.23. The Morgan fingerprint density at radius 1 is 1.60 bits per heavy atom. The number of carbonyl (C=O) groups is 1. The van der Waals surface area contributed by atoms with E-state index >= 15 is 0 Å². The average Bonchev–Trinajstić information content (AvgIpc) is 3.10. The smallest absolute Gasteiger partial charge is 0.289 e. The molecule has 0 atom stereocenters. The van der Waals surface area contributed by atoms with Crippen LogP contribution in [0.2, 0.25) is 0 Å². The Morgan fingerprint density at radius 2 is 2.25 bits per heavy atom. The number of furan rings is 1. The van der Waals surface area contributed by atoms with Crippen LogP contribution in [0.1, 0.15) is 23.4 Å². The van der Waals surface area contributed by atoms with Crippen molar-refractivity contribution in [3.8, 4) is 0 Å². The van der Waals surface area contributed by atoms with E-state index in [9.17, 15) is 13.2 Å². The first-order chi connectivity index (χ1) is 9.34. The second kappa shape index (κ2) is 5.84. The summed E-state index contributed by atoms with van der Waals surface area (Å²) in [7, 11) is -2.38. The number of carbonyl (C=O) groups excluding carboxylic acids is 1. The van der Waals surface area contributed by atoms with Crippen LogP contribution in [0.3, 0.4) is 0 Å². The fraction of sp³-hybridized carbons (Fsp3) is 0.545. The Hall–Kier alpha value is -0.900. The van der Waals surface area contributed by atoms with Gasteiger partial charge in [0.25, 0.3) is 5.91 Å². The lowest BCUT2D eigenvalue weighted by molar-refractivity contribution is 0.0647. The quantitative estimate of drug-likeness (QED) is 0.806. The molecule has 1 aromatic rings. The Kier molecular flexibility index (Phi) is 4.52. The van der Waals surface area contributed by atoms with E-state index in [-0.39, 0.29) is 27.3 Å². The Morgan fingerprint density at radius 3 is 2.70 bits per heavy atom. The zero-order valence-electron chi connectivity index (χ0n) is 10.8. The normalized spacial score (nSPS) is 15.3. The van der Waals surface area contributed by atoms with Crippen LogP contribution in [0.4, 0.5) is 0 Å². The van der Waals surface area contributed by atoms with Crippen molar-refractivity contribution >= 4 is 31.9 Å². The van der Waals surface area contributed by atoms with E-state index < -0.39 is 10.0 Å². The fourth-order valence-corrected chi connectivity index (χ4v) is 3.32. The Labute approximate surface area is 125 Å². The molecule has 0 aromatic carbocycles. The lowest BCUT2D eigenvalue weighted by Gasteiger charge is -2.20. The molecular weight excluding hydrogens is 352 g/mol. The highest BCUT2D eigenvalue weighted by Crippen LogP contribution is 2.31. The first-order valence-electron chi connectivity index (χ1n) is 5.96. The van der Waals surface area contributed by atoms with Gasteiger partial charge < -0.3 is 14.1 Å². The minimum absolute atomic E-state index is 0.0519. The molecule has 1 heterocycles. The molecule has 0 bridgehead atoms. The fourth-order valence-electron chi connectivity index (χ4n) is 1.82.